The summed E-state index contributed by atoms with van der Waals surface area (Å²) >= 11 is 6.36. The number of piperazine rings is 1. The highest BCUT2D eigenvalue weighted by molar-refractivity contribution is 6.34. The molecule has 2 aromatic carbocycles. The van der Waals surface area contributed by atoms with E-state index in [9.17, 15) is 14.0 Å². The summed E-state index contributed by atoms with van der Waals surface area (Å²) in [5, 5.41) is 2.97. The molecule has 0 spiro atoms. The minimum absolute atomic E-state index is 0.0828. The van der Waals surface area contributed by atoms with E-state index in [2.05, 4.69) is 10.2 Å². The fourth-order valence-corrected chi connectivity index (χ4v) is 5.28. The van der Waals surface area contributed by atoms with Gasteiger partial charge in [0.25, 0.3) is 0 Å². The van der Waals surface area contributed by atoms with Crippen LogP contribution in [0, 0.1) is 5.82 Å². The van der Waals surface area contributed by atoms with E-state index in [4.69, 9.17) is 21.1 Å². The number of likely N-dealkylation sites (tertiary alicyclic amines) is 1. The number of methoxy groups -OCH3 is 2. The summed E-state index contributed by atoms with van der Waals surface area (Å²) in [6.45, 7) is 3.66. The van der Waals surface area contributed by atoms with Crippen LogP contribution >= 0.6 is 11.6 Å². The van der Waals surface area contributed by atoms with E-state index < -0.39 is 0 Å². The number of ether oxygens (including phenoxy) is 2. The number of hydrogen-bond donors (Lipinski definition) is 1. The summed E-state index contributed by atoms with van der Waals surface area (Å²) in [5.74, 6) is 0.0250. The van der Waals surface area contributed by atoms with Gasteiger partial charge in [-0.3, -0.25) is 14.5 Å². The molecule has 2 amide bonds. The standard InChI is InChI=1S/C26H29ClFN3O4/c1-16(32)29-25-18(12-22(34-2)24(27)26(25)35-3)6-11-23(33)31-20-9-10-21(31)15-30(14-20)13-17-4-7-19(28)8-5-17/h4-8,11-12,20-21H,9-10,13-15H2,1-3H3,(H,29,32)/b11-6+. The molecule has 2 aliphatic rings. The third-order valence-electron chi connectivity index (χ3n) is 6.48. The van der Waals surface area contributed by atoms with Gasteiger partial charge in [0.1, 0.15) is 16.6 Å². The summed E-state index contributed by atoms with van der Waals surface area (Å²) in [5.41, 5.74) is 1.98. The highest BCUT2D eigenvalue weighted by Crippen LogP contribution is 2.43. The molecule has 2 fully saturated rings. The maximum Gasteiger partial charge on any atom is 0.247 e. The minimum Gasteiger partial charge on any atom is -0.495 e. The summed E-state index contributed by atoms with van der Waals surface area (Å²) in [6.07, 6.45) is 5.07. The number of carbonyl (C=O) groups is 2. The van der Waals surface area contributed by atoms with Crippen molar-refractivity contribution in [3.8, 4) is 11.5 Å². The van der Waals surface area contributed by atoms with Crippen LogP contribution in [0.5, 0.6) is 11.5 Å². The van der Waals surface area contributed by atoms with E-state index in [0.29, 0.717) is 17.0 Å². The molecule has 35 heavy (non-hydrogen) atoms. The molecule has 0 radical (unpaired) electrons. The van der Waals surface area contributed by atoms with Crippen LogP contribution in [0.2, 0.25) is 5.02 Å². The number of nitrogens with one attached hydrogen (secondary N) is 1. The highest BCUT2D eigenvalue weighted by atomic mass is 35.5. The second-order valence-electron chi connectivity index (χ2n) is 8.86. The van der Waals surface area contributed by atoms with Crippen molar-refractivity contribution in [3.05, 3.63) is 58.4 Å². The Balaban J connectivity index is 1.51. The molecule has 2 saturated heterocycles. The molecule has 2 atom stereocenters. The first-order chi connectivity index (χ1) is 16.8. The van der Waals surface area contributed by atoms with Gasteiger partial charge in [-0.2, -0.15) is 0 Å². The molecule has 0 aliphatic carbocycles. The SMILES string of the molecule is COc1cc(/C=C/C(=O)N2C3CCC2CN(Cc2ccc(F)cc2)C3)c(NC(C)=O)c(OC)c1Cl. The number of anilines is 1. The Morgan fingerprint density at radius 3 is 2.37 bits per heavy atom. The normalized spacial score (nSPS) is 19.7. The average Bonchev–Trinajstić information content (AvgIpc) is 3.10. The van der Waals surface area contributed by atoms with Crippen molar-refractivity contribution in [2.45, 2.75) is 38.4 Å². The van der Waals surface area contributed by atoms with Crippen molar-refractivity contribution in [1.82, 2.24) is 9.80 Å². The Labute approximate surface area is 209 Å². The molecule has 0 saturated carbocycles. The lowest BCUT2D eigenvalue weighted by Gasteiger charge is -2.40. The minimum atomic E-state index is -0.291. The smallest absolute Gasteiger partial charge is 0.247 e. The van der Waals surface area contributed by atoms with Crippen LogP contribution in [0.4, 0.5) is 10.1 Å². The molecule has 186 valence electrons. The summed E-state index contributed by atoms with van der Waals surface area (Å²) in [7, 11) is 2.94. The first-order valence-corrected chi connectivity index (χ1v) is 11.9. The van der Waals surface area contributed by atoms with Crippen LogP contribution in [-0.4, -0.2) is 61.0 Å². The second kappa shape index (κ2) is 10.7. The zero-order chi connectivity index (χ0) is 25.1. The van der Waals surface area contributed by atoms with E-state index in [1.165, 1.54) is 39.4 Å². The lowest BCUT2D eigenvalue weighted by Crippen LogP contribution is -2.55. The maximum absolute atomic E-state index is 13.2. The molecule has 2 heterocycles. The fraction of sp³-hybridized carbons (Fsp3) is 0.385. The number of carbonyl (C=O) groups excluding carboxylic acids is 2. The number of amides is 2. The third-order valence-corrected chi connectivity index (χ3v) is 6.84. The molecule has 0 aromatic heterocycles. The quantitative estimate of drug-likeness (QED) is 0.571. The third kappa shape index (κ3) is 5.44. The second-order valence-corrected chi connectivity index (χ2v) is 9.23. The van der Waals surface area contributed by atoms with Gasteiger partial charge in [-0.05, 0) is 42.7 Å². The van der Waals surface area contributed by atoms with Gasteiger partial charge in [0.05, 0.1) is 19.9 Å². The van der Waals surface area contributed by atoms with E-state index in [1.807, 2.05) is 4.90 Å². The van der Waals surface area contributed by atoms with Gasteiger partial charge in [-0.15, -0.1) is 0 Å². The zero-order valence-corrected chi connectivity index (χ0v) is 20.8. The molecule has 4 rings (SSSR count). The Morgan fingerprint density at radius 1 is 1.14 bits per heavy atom. The fourth-order valence-electron chi connectivity index (χ4n) is 4.98. The van der Waals surface area contributed by atoms with Crippen LogP contribution in [0.3, 0.4) is 0 Å². The first kappa shape index (κ1) is 25.0. The topological polar surface area (TPSA) is 71.1 Å². The van der Waals surface area contributed by atoms with Gasteiger partial charge in [0.2, 0.25) is 11.8 Å². The number of hydrogen-bond acceptors (Lipinski definition) is 5. The molecular formula is C26H29ClFN3O4. The summed E-state index contributed by atoms with van der Waals surface area (Å²) in [6, 6.07) is 8.47. The van der Waals surface area contributed by atoms with Crippen LogP contribution in [0.15, 0.2) is 36.4 Å². The van der Waals surface area contributed by atoms with Crippen molar-refractivity contribution in [2.24, 2.45) is 0 Å². The Bertz CT molecular complexity index is 1120. The largest absolute Gasteiger partial charge is 0.495 e. The number of benzene rings is 2. The molecule has 7 nitrogen and oxygen atoms in total. The van der Waals surface area contributed by atoms with Crippen molar-refractivity contribution in [2.75, 3.05) is 32.6 Å². The van der Waals surface area contributed by atoms with Crippen LogP contribution in [-0.2, 0) is 16.1 Å². The highest BCUT2D eigenvalue weighted by Gasteiger charge is 2.41. The molecular weight excluding hydrogens is 473 g/mol. The monoisotopic (exact) mass is 501 g/mol. The van der Waals surface area contributed by atoms with Crippen LogP contribution in [0.1, 0.15) is 30.9 Å². The number of rotatable bonds is 7. The molecule has 2 aliphatic heterocycles. The Hall–Kier alpha value is -3.10. The van der Waals surface area contributed by atoms with Gasteiger partial charge < -0.3 is 19.7 Å². The predicted molar refractivity (Wildman–Crippen MR) is 133 cm³/mol. The van der Waals surface area contributed by atoms with Gasteiger partial charge in [0.15, 0.2) is 5.75 Å². The first-order valence-electron chi connectivity index (χ1n) is 11.5. The van der Waals surface area contributed by atoms with Gasteiger partial charge >= 0.3 is 0 Å². The van der Waals surface area contributed by atoms with E-state index in [-0.39, 0.29) is 40.5 Å². The van der Waals surface area contributed by atoms with E-state index in [1.54, 1.807) is 24.3 Å². The maximum atomic E-state index is 13.2. The summed E-state index contributed by atoms with van der Waals surface area (Å²) < 4.78 is 24.0. The van der Waals surface area contributed by atoms with Gasteiger partial charge in [0, 0.05) is 50.3 Å². The van der Waals surface area contributed by atoms with Gasteiger partial charge in [-0.25, -0.2) is 4.39 Å². The van der Waals surface area contributed by atoms with E-state index >= 15 is 0 Å². The Kier molecular flexibility index (Phi) is 7.62. The molecule has 1 N–H and O–H groups in total. The van der Waals surface area contributed by atoms with Crippen molar-refractivity contribution < 1.29 is 23.5 Å². The zero-order valence-electron chi connectivity index (χ0n) is 20.0. The molecule has 2 aromatic rings. The van der Waals surface area contributed by atoms with Crippen molar-refractivity contribution in [1.29, 1.82) is 0 Å². The lowest BCUT2D eigenvalue weighted by molar-refractivity contribution is -0.131. The average molecular weight is 502 g/mol. The number of fused-ring (bicyclic) bond motifs is 2. The van der Waals surface area contributed by atoms with E-state index in [0.717, 1.165) is 38.0 Å². The van der Waals surface area contributed by atoms with Crippen LogP contribution in [0.25, 0.3) is 6.08 Å². The molecule has 2 unspecified atom stereocenters. The molecule has 2 bridgehead atoms. The lowest BCUT2D eigenvalue weighted by atomic mass is 10.1. The van der Waals surface area contributed by atoms with Crippen molar-refractivity contribution in [3.63, 3.8) is 0 Å². The van der Waals surface area contributed by atoms with Crippen LogP contribution < -0.4 is 14.8 Å². The Morgan fingerprint density at radius 2 is 1.80 bits per heavy atom. The molecule has 9 heteroatoms. The van der Waals surface area contributed by atoms with Crippen molar-refractivity contribution >= 4 is 35.2 Å². The number of nitrogens with zero attached hydrogens (tertiary/aromatic N) is 2. The number of halogens is 2. The summed E-state index contributed by atoms with van der Waals surface area (Å²) in [4.78, 5) is 29.3. The predicted octanol–water partition coefficient (Wildman–Crippen LogP) is 4.34. The van der Waals surface area contributed by atoms with Gasteiger partial charge in [-0.1, -0.05) is 23.7 Å².